The molecule has 1 aromatic rings. The summed E-state index contributed by atoms with van der Waals surface area (Å²) < 4.78 is 5.13. The number of hydrogen-bond donors (Lipinski definition) is 3. The Balaban J connectivity index is 1.84. The first-order valence-electron chi connectivity index (χ1n) is 8.79. The minimum atomic E-state index is -0.554. The van der Waals surface area contributed by atoms with Crippen LogP contribution in [0.2, 0.25) is 0 Å². The lowest BCUT2D eigenvalue weighted by Crippen LogP contribution is -2.34. The van der Waals surface area contributed by atoms with Crippen LogP contribution in [-0.2, 0) is 9.53 Å². The van der Waals surface area contributed by atoms with Crippen molar-refractivity contribution in [3.8, 4) is 0 Å². The van der Waals surface area contributed by atoms with Crippen LogP contribution in [0.5, 0.6) is 0 Å². The molecule has 1 aliphatic rings. The Bertz CT molecular complexity index is 621. The molecule has 0 saturated heterocycles. The summed E-state index contributed by atoms with van der Waals surface area (Å²) in [6.45, 7) is 8.36. The monoisotopic (exact) mass is 348 g/mol. The van der Waals surface area contributed by atoms with E-state index >= 15 is 0 Å². The summed E-state index contributed by atoms with van der Waals surface area (Å²) in [6, 6.07) is 2.01. The fourth-order valence-electron chi connectivity index (χ4n) is 2.32. The first kappa shape index (κ1) is 19.0. The highest BCUT2D eigenvalue weighted by molar-refractivity contribution is 5.94. The lowest BCUT2D eigenvalue weighted by molar-refractivity contribution is -0.116. The van der Waals surface area contributed by atoms with Crippen molar-refractivity contribution in [2.24, 2.45) is 0 Å². The van der Waals surface area contributed by atoms with Gasteiger partial charge >= 0.3 is 6.09 Å². The van der Waals surface area contributed by atoms with E-state index in [1.54, 1.807) is 27.0 Å². The van der Waals surface area contributed by atoms with Gasteiger partial charge in [0.25, 0.3) is 0 Å². The SMILES string of the molecule is CCNc1cc(C2CC2)ncc1NC(=O)CCNC(=O)OC(C)(C)C. The zero-order valence-corrected chi connectivity index (χ0v) is 15.4. The third kappa shape index (κ3) is 6.60. The van der Waals surface area contributed by atoms with E-state index in [-0.39, 0.29) is 18.9 Å². The number of carbonyl (C=O) groups excluding carboxylic acids is 2. The molecule has 2 rings (SSSR count). The van der Waals surface area contributed by atoms with E-state index in [9.17, 15) is 9.59 Å². The molecule has 7 heteroatoms. The number of pyridine rings is 1. The summed E-state index contributed by atoms with van der Waals surface area (Å²) in [5.74, 6) is 0.372. The van der Waals surface area contributed by atoms with Crippen LogP contribution in [0.25, 0.3) is 0 Å². The molecule has 0 radical (unpaired) electrons. The van der Waals surface area contributed by atoms with Crippen LogP contribution in [0.15, 0.2) is 12.3 Å². The lowest BCUT2D eigenvalue weighted by Gasteiger charge is -2.19. The number of rotatable bonds is 7. The van der Waals surface area contributed by atoms with Crippen LogP contribution in [0.1, 0.15) is 58.6 Å². The van der Waals surface area contributed by atoms with Crippen LogP contribution in [-0.4, -0.2) is 35.7 Å². The van der Waals surface area contributed by atoms with Gasteiger partial charge in [-0.25, -0.2) is 4.79 Å². The molecule has 0 aromatic carbocycles. The van der Waals surface area contributed by atoms with E-state index < -0.39 is 11.7 Å². The van der Waals surface area contributed by atoms with Crippen molar-refractivity contribution in [1.29, 1.82) is 0 Å². The predicted octanol–water partition coefficient (Wildman–Crippen LogP) is 3.24. The number of ether oxygens (including phenoxy) is 1. The van der Waals surface area contributed by atoms with Gasteiger partial charge in [0.15, 0.2) is 0 Å². The van der Waals surface area contributed by atoms with Gasteiger partial charge in [-0.05, 0) is 46.6 Å². The second kappa shape index (κ2) is 8.18. The quantitative estimate of drug-likeness (QED) is 0.703. The Morgan fingerprint density at radius 2 is 2.00 bits per heavy atom. The molecule has 25 heavy (non-hydrogen) atoms. The molecule has 3 N–H and O–H groups in total. The summed E-state index contributed by atoms with van der Waals surface area (Å²) in [6.07, 6.45) is 3.70. The van der Waals surface area contributed by atoms with Gasteiger partial charge in [-0.1, -0.05) is 0 Å². The molecule has 0 unspecified atom stereocenters. The number of nitrogens with one attached hydrogen (secondary N) is 3. The summed E-state index contributed by atoms with van der Waals surface area (Å²) in [5.41, 5.74) is 2.06. The molecule has 0 aliphatic heterocycles. The average Bonchev–Trinajstić information content (AvgIpc) is 3.32. The van der Waals surface area contributed by atoms with Crippen molar-refractivity contribution in [1.82, 2.24) is 10.3 Å². The Kier molecular flexibility index (Phi) is 6.22. The number of alkyl carbamates (subject to hydrolysis) is 1. The molecule has 138 valence electrons. The molecule has 0 atom stereocenters. The first-order chi connectivity index (χ1) is 11.8. The number of anilines is 2. The molecule has 1 heterocycles. The summed E-state index contributed by atoms with van der Waals surface area (Å²) in [5, 5.41) is 8.68. The van der Waals surface area contributed by atoms with Gasteiger partial charge in [0.2, 0.25) is 5.91 Å². The molecular weight excluding hydrogens is 320 g/mol. The van der Waals surface area contributed by atoms with Crippen LogP contribution < -0.4 is 16.0 Å². The zero-order valence-electron chi connectivity index (χ0n) is 15.4. The highest BCUT2D eigenvalue weighted by atomic mass is 16.6. The van der Waals surface area contributed by atoms with Gasteiger partial charge in [0.1, 0.15) is 5.60 Å². The number of hydrogen-bond acceptors (Lipinski definition) is 5. The molecule has 1 fully saturated rings. The van der Waals surface area contributed by atoms with Crippen molar-refractivity contribution < 1.29 is 14.3 Å². The van der Waals surface area contributed by atoms with Crippen molar-refractivity contribution >= 4 is 23.4 Å². The highest BCUT2D eigenvalue weighted by Crippen LogP contribution is 2.40. The lowest BCUT2D eigenvalue weighted by atomic mass is 10.2. The Morgan fingerprint density at radius 1 is 1.28 bits per heavy atom. The fraction of sp³-hybridized carbons (Fsp3) is 0.611. The number of amides is 2. The topological polar surface area (TPSA) is 92.4 Å². The number of nitrogens with zero attached hydrogens (tertiary/aromatic N) is 1. The van der Waals surface area contributed by atoms with E-state index in [4.69, 9.17) is 4.74 Å². The third-order valence-electron chi connectivity index (χ3n) is 3.58. The molecule has 0 spiro atoms. The number of carbonyl (C=O) groups is 2. The molecule has 2 amide bonds. The highest BCUT2D eigenvalue weighted by Gasteiger charge is 2.25. The van der Waals surface area contributed by atoms with E-state index in [0.29, 0.717) is 11.6 Å². The molecule has 7 nitrogen and oxygen atoms in total. The molecule has 1 aromatic heterocycles. The van der Waals surface area contributed by atoms with Gasteiger partial charge in [0, 0.05) is 31.1 Å². The van der Waals surface area contributed by atoms with Crippen LogP contribution >= 0.6 is 0 Å². The van der Waals surface area contributed by atoms with Gasteiger partial charge in [-0.15, -0.1) is 0 Å². The maximum absolute atomic E-state index is 12.1. The third-order valence-corrected chi connectivity index (χ3v) is 3.58. The average molecular weight is 348 g/mol. The summed E-state index contributed by atoms with van der Waals surface area (Å²) >= 11 is 0. The predicted molar refractivity (Wildman–Crippen MR) is 97.9 cm³/mol. The van der Waals surface area contributed by atoms with Crippen molar-refractivity contribution in [3.05, 3.63) is 18.0 Å². The van der Waals surface area contributed by atoms with E-state index in [1.165, 1.54) is 12.8 Å². The molecule has 0 bridgehead atoms. The zero-order chi connectivity index (χ0) is 18.4. The second-order valence-corrected chi connectivity index (χ2v) is 7.19. The van der Waals surface area contributed by atoms with Gasteiger partial charge in [0.05, 0.1) is 17.6 Å². The largest absolute Gasteiger partial charge is 0.444 e. The van der Waals surface area contributed by atoms with Crippen LogP contribution in [0.4, 0.5) is 16.2 Å². The Labute approximate surface area is 148 Å². The number of aromatic nitrogens is 1. The van der Waals surface area contributed by atoms with Gasteiger partial charge < -0.3 is 20.7 Å². The van der Waals surface area contributed by atoms with Crippen molar-refractivity contribution in [2.45, 2.75) is 58.5 Å². The van der Waals surface area contributed by atoms with E-state index in [2.05, 4.69) is 20.9 Å². The molecular formula is C18H28N4O3. The van der Waals surface area contributed by atoms with Crippen molar-refractivity contribution in [3.63, 3.8) is 0 Å². The maximum atomic E-state index is 12.1. The van der Waals surface area contributed by atoms with Gasteiger partial charge in [-0.3, -0.25) is 9.78 Å². The summed E-state index contributed by atoms with van der Waals surface area (Å²) in [4.78, 5) is 28.1. The summed E-state index contributed by atoms with van der Waals surface area (Å²) in [7, 11) is 0. The van der Waals surface area contributed by atoms with E-state index in [0.717, 1.165) is 17.9 Å². The minimum absolute atomic E-state index is 0.162. The Morgan fingerprint density at radius 3 is 2.60 bits per heavy atom. The van der Waals surface area contributed by atoms with E-state index in [1.807, 2.05) is 13.0 Å². The standard InChI is InChI=1S/C18H28N4O3/c1-5-19-14-10-13(12-6-7-12)21-11-15(14)22-16(23)8-9-20-17(24)25-18(2,3)4/h10-12H,5-9H2,1-4H3,(H,19,21)(H,20,24)(H,22,23). The maximum Gasteiger partial charge on any atom is 0.407 e. The fourth-order valence-corrected chi connectivity index (χ4v) is 2.32. The Hall–Kier alpha value is -2.31. The van der Waals surface area contributed by atoms with Crippen LogP contribution in [0.3, 0.4) is 0 Å². The smallest absolute Gasteiger partial charge is 0.407 e. The second-order valence-electron chi connectivity index (χ2n) is 7.19. The van der Waals surface area contributed by atoms with Crippen LogP contribution in [0, 0.1) is 0 Å². The molecule has 1 saturated carbocycles. The van der Waals surface area contributed by atoms with Gasteiger partial charge in [-0.2, -0.15) is 0 Å². The first-order valence-corrected chi connectivity index (χ1v) is 8.79. The molecule has 1 aliphatic carbocycles. The minimum Gasteiger partial charge on any atom is -0.444 e. The normalized spacial score (nSPS) is 13.9. The van der Waals surface area contributed by atoms with Crippen molar-refractivity contribution in [2.75, 3.05) is 23.7 Å².